The molecule has 2 aromatic rings. The molecule has 0 saturated carbocycles. The van der Waals surface area contributed by atoms with E-state index in [0.29, 0.717) is 5.15 Å². The van der Waals surface area contributed by atoms with Crippen LogP contribution in [0.2, 0.25) is 5.15 Å². The van der Waals surface area contributed by atoms with E-state index in [1.165, 1.54) is 6.33 Å². The van der Waals surface area contributed by atoms with Crippen LogP contribution in [0.25, 0.3) is 5.65 Å². The summed E-state index contributed by atoms with van der Waals surface area (Å²) in [6.07, 6.45) is 1.54. The molecule has 0 atom stereocenters. The summed E-state index contributed by atoms with van der Waals surface area (Å²) < 4.78 is 1.57. The van der Waals surface area contributed by atoms with Gasteiger partial charge < -0.3 is 0 Å². The summed E-state index contributed by atoms with van der Waals surface area (Å²) in [6, 6.07) is 0. The lowest BCUT2D eigenvalue weighted by atomic mass is 10.2. The van der Waals surface area contributed by atoms with Crippen LogP contribution < -0.4 is 0 Å². The number of hydrogen-bond donors (Lipinski definition) is 0. The molecule has 0 N–H and O–H groups in total. The first-order chi connectivity index (χ1) is 5.70. The molecule has 0 spiro atoms. The van der Waals surface area contributed by atoms with Gasteiger partial charge in [0.1, 0.15) is 6.33 Å². The van der Waals surface area contributed by atoms with Crippen molar-refractivity contribution in [1.29, 1.82) is 0 Å². The second-order valence-electron chi connectivity index (χ2n) is 2.64. The summed E-state index contributed by atoms with van der Waals surface area (Å²) in [5.74, 6) is 0. The van der Waals surface area contributed by atoms with Crippen molar-refractivity contribution in [1.82, 2.24) is 19.8 Å². The second-order valence-corrected chi connectivity index (χ2v) is 3.00. The lowest BCUT2D eigenvalue weighted by Crippen LogP contribution is -1.97. The summed E-state index contributed by atoms with van der Waals surface area (Å²) in [7, 11) is 0. The number of rotatable bonds is 0. The monoisotopic (exact) mass is 182 g/mol. The van der Waals surface area contributed by atoms with Crippen LogP contribution in [0.1, 0.15) is 11.1 Å². The van der Waals surface area contributed by atoms with Gasteiger partial charge in [-0.05, 0) is 19.4 Å². The normalized spacial score (nSPS) is 10.9. The van der Waals surface area contributed by atoms with Crippen molar-refractivity contribution in [3.63, 3.8) is 0 Å². The lowest BCUT2D eigenvalue weighted by molar-refractivity contribution is 0.911. The fraction of sp³-hybridized carbons (Fsp3) is 0.286. The summed E-state index contributed by atoms with van der Waals surface area (Å²) in [4.78, 5) is 0. The van der Waals surface area contributed by atoms with Gasteiger partial charge in [-0.2, -0.15) is 9.61 Å². The van der Waals surface area contributed by atoms with Gasteiger partial charge in [0.15, 0.2) is 10.8 Å². The van der Waals surface area contributed by atoms with Crippen molar-refractivity contribution in [2.75, 3.05) is 0 Å². The topological polar surface area (TPSA) is 43.1 Å². The van der Waals surface area contributed by atoms with E-state index < -0.39 is 0 Å². The predicted molar refractivity (Wildman–Crippen MR) is 45.3 cm³/mol. The molecular weight excluding hydrogens is 176 g/mol. The van der Waals surface area contributed by atoms with E-state index in [0.717, 1.165) is 16.8 Å². The van der Waals surface area contributed by atoms with Crippen LogP contribution in [0, 0.1) is 13.8 Å². The van der Waals surface area contributed by atoms with Crippen LogP contribution in [-0.2, 0) is 0 Å². The predicted octanol–water partition coefficient (Wildman–Crippen LogP) is 1.39. The smallest absolute Gasteiger partial charge is 0.180 e. The molecule has 4 nitrogen and oxygen atoms in total. The van der Waals surface area contributed by atoms with Crippen LogP contribution in [0.5, 0.6) is 0 Å². The lowest BCUT2D eigenvalue weighted by Gasteiger charge is -2.01. The molecule has 0 unspecified atom stereocenters. The Balaban J connectivity index is 2.94. The number of fused-ring (bicyclic) bond motifs is 1. The molecule has 5 heteroatoms. The highest BCUT2D eigenvalue weighted by Crippen LogP contribution is 2.17. The summed E-state index contributed by atoms with van der Waals surface area (Å²) >= 11 is 5.86. The van der Waals surface area contributed by atoms with Crippen LogP contribution >= 0.6 is 11.6 Å². The van der Waals surface area contributed by atoms with E-state index in [1.54, 1.807) is 4.52 Å². The minimum Gasteiger partial charge on any atom is -0.199 e. The Labute approximate surface area is 74.2 Å². The fourth-order valence-corrected chi connectivity index (χ4v) is 1.27. The van der Waals surface area contributed by atoms with Crippen molar-refractivity contribution in [3.8, 4) is 0 Å². The third kappa shape index (κ3) is 0.881. The van der Waals surface area contributed by atoms with E-state index in [1.807, 2.05) is 13.8 Å². The van der Waals surface area contributed by atoms with Gasteiger partial charge in [-0.1, -0.05) is 11.6 Å². The third-order valence-corrected chi connectivity index (χ3v) is 2.29. The van der Waals surface area contributed by atoms with Crippen molar-refractivity contribution < 1.29 is 0 Å². The Kier molecular flexibility index (Phi) is 1.51. The summed E-state index contributed by atoms with van der Waals surface area (Å²) in [6.45, 7) is 3.87. The maximum absolute atomic E-state index is 5.86. The molecule has 0 amide bonds. The largest absolute Gasteiger partial charge is 0.199 e. The number of aryl methyl sites for hydroxylation is 1. The van der Waals surface area contributed by atoms with Crippen LogP contribution in [0.15, 0.2) is 6.33 Å². The minimum absolute atomic E-state index is 0.500. The van der Waals surface area contributed by atoms with E-state index in [2.05, 4.69) is 15.3 Å². The maximum atomic E-state index is 5.86. The molecular formula is C7H7ClN4. The van der Waals surface area contributed by atoms with Crippen LogP contribution in [0.4, 0.5) is 0 Å². The SMILES string of the molecule is Cc1c(Cl)nn2cnnc2c1C. The van der Waals surface area contributed by atoms with Crippen molar-refractivity contribution >= 4 is 17.2 Å². The number of nitrogens with zero attached hydrogens (tertiary/aromatic N) is 4. The zero-order valence-corrected chi connectivity index (χ0v) is 7.50. The highest BCUT2D eigenvalue weighted by atomic mass is 35.5. The van der Waals surface area contributed by atoms with Gasteiger partial charge in [-0.25, -0.2) is 0 Å². The molecule has 0 radical (unpaired) electrons. The van der Waals surface area contributed by atoms with Gasteiger partial charge in [0.05, 0.1) is 0 Å². The molecule has 0 bridgehead atoms. The molecule has 0 aliphatic rings. The molecule has 2 aromatic heterocycles. The van der Waals surface area contributed by atoms with Crippen molar-refractivity contribution in [3.05, 3.63) is 22.6 Å². The Morgan fingerprint density at radius 3 is 2.83 bits per heavy atom. The van der Waals surface area contributed by atoms with E-state index in [4.69, 9.17) is 11.6 Å². The number of hydrogen-bond acceptors (Lipinski definition) is 3. The molecule has 2 rings (SSSR count). The zero-order chi connectivity index (χ0) is 8.72. The zero-order valence-electron chi connectivity index (χ0n) is 6.74. The first-order valence-electron chi connectivity index (χ1n) is 3.53. The third-order valence-electron chi connectivity index (χ3n) is 1.93. The number of aromatic nitrogens is 4. The Hall–Kier alpha value is -1.16. The standard InChI is InChI=1S/C7H7ClN4/c1-4-5(2)7-10-9-3-12(7)11-6(4)8/h3H,1-2H3. The Morgan fingerprint density at radius 2 is 2.08 bits per heavy atom. The summed E-state index contributed by atoms with van der Waals surface area (Å²) in [5.41, 5.74) is 2.74. The molecule has 62 valence electrons. The van der Waals surface area contributed by atoms with Gasteiger partial charge in [0, 0.05) is 5.56 Å². The second kappa shape index (κ2) is 2.42. The van der Waals surface area contributed by atoms with Crippen molar-refractivity contribution in [2.24, 2.45) is 0 Å². The van der Waals surface area contributed by atoms with Crippen LogP contribution in [0.3, 0.4) is 0 Å². The maximum Gasteiger partial charge on any atom is 0.180 e. The molecule has 0 aliphatic carbocycles. The highest BCUT2D eigenvalue weighted by Gasteiger charge is 2.07. The fourth-order valence-electron chi connectivity index (χ4n) is 1.04. The highest BCUT2D eigenvalue weighted by molar-refractivity contribution is 6.30. The molecule has 0 saturated heterocycles. The van der Waals surface area contributed by atoms with Crippen molar-refractivity contribution in [2.45, 2.75) is 13.8 Å². The van der Waals surface area contributed by atoms with Gasteiger partial charge in [-0.15, -0.1) is 10.2 Å². The van der Waals surface area contributed by atoms with E-state index in [9.17, 15) is 0 Å². The Morgan fingerprint density at radius 1 is 1.33 bits per heavy atom. The molecule has 0 fully saturated rings. The average Bonchev–Trinajstić information content (AvgIpc) is 2.48. The molecule has 12 heavy (non-hydrogen) atoms. The van der Waals surface area contributed by atoms with Gasteiger partial charge in [-0.3, -0.25) is 0 Å². The minimum atomic E-state index is 0.500. The Bertz CT molecular complexity index is 434. The number of halogens is 1. The average molecular weight is 183 g/mol. The van der Waals surface area contributed by atoms with E-state index in [-0.39, 0.29) is 0 Å². The van der Waals surface area contributed by atoms with Crippen LogP contribution in [-0.4, -0.2) is 19.8 Å². The molecule has 0 aliphatic heterocycles. The van der Waals surface area contributed by atoms with E-state index >= 15 is 0 Å². The van der Waals surface area contributed by atoms with Gasteiger partial charge in [0.25, 0.3) is 0 Å². The van der Waals surface area contributed by atoms with Gasteiger partial charge >= 0.3 is 0 Å². The molecule has 0 aromatic carbocycles. The first-order valence-corrected chi connectivity index (χ1v) is 3.90. The van der Waals surface area contributed by atoms with Gasteiger partial charge in [0.2, 0.25) is 0 Å². The summed E-state index contributed by atoms with van der Waals surface area (Å²) in [5, 5.41) is 12.2. The quantitative estimate of drug-likeness (QED) is 0.619. The first kappa shape index (κ1) is 7.49. The molecule has 2 heterocycles.